The summed E-state index contributed by atoms with van der Waals surface area (Å²) in [6.45, 7) is 2.79. The average molecular weight is 624 g/mol. The van der Waals surface area contributed by atoms with E-state index in [0.29, 0.717) is 47.4 Å². The second-order valence-electron chi connectivity index (χ2n) is 11.5. The Morgan fingerprint density at radius 2 is 1.82 bits per heavy atom. The molecule has 4 aromatic rings. The second-order valence-corrected chi connectivity index (χ2v) is 12.4. The molecule has 0 radical (unpaired) electrons. The van der Waals surface area contributed by atoms with Crippen LogP contribution in [0, 0.1) is 6.92 Å². The normalized spacial score (nSPS) is 16.9. The van der Waals surface area contributed by atoms with E-state index in [-0.39, 0.29) is 23.2 Å². The Balaban J connectivity index is 1.19. The molecule has 2 fully saturated rings. The van der Waals surface area contributed by atoms with E-state index in [0.717, 1.165) is 35.6 Å². The Morgan fingerprint density at radius 1 is 1.02 bits per heavy atom. The van der Waals surface area contributed by atoms with Crippen LogP contribution in [0.2, 0.25) is 0 Å². The Hall–Kier alpha value is -4.23. The first-order chi connectivity index (χ1) is 21.0. The topological polar surface area (TPSA) is 102 Å². The molecule has 2 aromatic heterocycles. The fourth-order valence-electron chi connectivity index (χ4n) is 5.33. The van der Waals surface area contributed by atoms with Crippen LogP contribution in [-0.2, 0) is 6.18 Å². The van der Waals surface area contributed by atoms with Gasteiger partial charge >= 0.3 is 6.18 Å². The predicted octanol–water partition coefficient (Wildman–Crippen LogP) is 6.24. The summed E-state index contributed by atoms with van der Waals surface area (Å²) in [6.07, 6.45) is -0.273. The number of likely N-dealkylation sites (N-methyl/N-ethyl adjacent to an activating group) is 1. The molecule has 3 heterocycles. The predicted molar refractivity (Wildman–Crippen MR) is 167 cm³/mol. The summed E-state index contributed by atoms with van der Waals surface area (Å²) in [5, 5.41) is 10.7. The van der Waals surface area contributed by atoms with Gasteiger partial charge in [0.25, 0.3) is 11.8 Å². The van der Waals surface area contributed by atoms with Crippen molar-refractivity contribution in [2.24, 2.45) is 0 Å². The van der Waals surface area contributed by atoms with Crippen LogP contribution in [0.4, 0.5) is 36.1 Å². The lowest BCUT2D eigenvalue weighted by Crippen LogP contribution is -2.32. The van der Waals surface area contributed by atoms with E-state index in [1.54, 1.807) is 35.4 Å². The number of amides is 2. The van der Waals surface area contributed by atoms with Crippen LogP contribution in [0.15, 0.2) is 48.1 Å². The van der Waals surface area contributed by atoms with E-state index in [2.05, 4.69) is 25.9 Å². The van der Waals surface area contributed by atoms with Gasteiger partial charge in [0.05, 0.1) is 21.3 Å². The van der Waals surface area contributed by atoms with E-state index in [4.69, 9.17) is 0 Å². The fraction of sp³-hybridized carbons (Fsp3) is 0.355. The van der Waals surface area contributed by atoms with Gasteiger partial charge in [-0.15, -0.1) is 11.3 Å². The van der Waals surface area contributed by atoms with Crippen molar-refractivity contribution >= 4 is 56.2 Å². The average Bonchev–Trinajstić information content (AvgIpc) is 3.47. The van der Waals surface area contributed by atoms with Gasteiger partial charge in [0, 0.05) is 53.2 Å². The maximum Gasteiger partial charge on any atom is 0.418 e. The molecule has 6 rings (SSSR count). The summed E-state index contributed by atoms with van der Waals surface area (Å²) < 4.78 is 43.2. The van der Waals surface area contributed by atoms with Crippen LogP contribution in [0.3, 0.4) is 0 Å². The summed E-state index contributed by atoms with van der Waals surface area (Å²) >= 11 is 1.39. The highest BCUT2D eigenvalue weighted by molar-refractivity contribution is 7.18. The van der Waals surface area contributed by atoms with E-state index < -0.39 is 17.6 Å². The Labute approximate surface area is 256 Å². The lowest BCUT2D eigenvalue weighted by atomic mass is 10.1. The van der Waals surface area contributed by atoms with E-state index in [1.165, 1.54) is 29.8 Å². The molecule has 2 aromatic carbocycles. The number of anilines is 4. The number of halogens is 3. The monoisotopic (exact) mass is 623 g/mol. The molecule has 230 valence electrons. The van der Waals surface area contributed by atoms with Crippen molar-refractivity contribution in [1.29, 1.82) is 0 Å². The number of aryl methyl sites for hydroxylation is 1. The number of hydrogen-bond acceptors (Lipinski definition) is 8. The molecule has 44 heavy (non-hydrogen) atoms. The zero-order chi connectivity index (χ0) is 31.2. The van der Waals surface area contributed by atoms with Gasteiger partial charge in [0.2, 0.25) is 0 Å². The van der Waals surface area contributed by atoms with Gasteiger partial charge in [0.15, 0.2) is 0 Å². The molecule has 0 unspecified atom stereocenters. The molecular weight excluding hydrogens is 591 g/mol. The summed E-state index contributed by atoms with van der Waals surface area (Å²) in [5.41, 5.74) is 1.58. The quantitative estimate of drug-likeness (QED) is 0.214. The molecule has 2 amide bonds. The molecule has 1 saturated carbocycles. The summed E-state index contributed by atoms with van der Waals surface area (Å²) in [4.78, 5) is 38.8. The molecule has 1 atom stereocenters. The van der Waals surface area contributed by atoms with E-state index in [1.807, 2.05) is 19.0 Å². The second kappa shape index (κ2) is 11.7. The van der Waals surface area contributed by atoms with Crippen molar-refractivity contribution in [3.63, 3.8) is 0 Å². The molecule has 0 spiro atoms. The van der Waals surface area contributed by atoms with Gasteiger partial charge in [-0.25, -0.2) is 9.97 Å². The standard InChI is InChI=1S/C31H32F3N7O2S/c1-17-4-6-20(13-24(17)39-30(43)22-15-44-27-26(22)35-16-36-28(27)37-19-7-8-19)38-29(42)18-5-9-25(23(12-18)31(32,33)34)41-11-10-21(14-41)40(2)3/h4-6,9,12-13,15-16,19,21H,7-8,10-11,14H2,1-3H3,(H,38,42)(H,39,43)(H,35,36,37)/t21-/m1/s1. The van der Waals surface area contributed by atoms with Gasteiger partial charge in [-0.2, -0.15) is 13.2 Å². The number of rotatable bonds is 8. The first-order valence-electron chi connectivity index (χ1n) is 14.3. The molecule has 13 heteroatoms. The van der Waals surface area contributed by atoms with Gasteiger partial charge in [-0.3, -0.25) is 9.59 Å². The largest absolute Gasteiger partial charge is 0.418 e. The zero-order valence-electron chi connectivity index (χ0n) is 24.5. The highest BCUT2D eigenvalue weighted by Crippen LogP contribution is 2.39. The minimum absolute atomic E-state index is 0.0698. The van der Waals surface area contributed by atoms with Gasteiger partial charge < -0.3 is 25.8 Å². The molecular formula is C31H32F3N7O2S. The lowest BCUT2D eigenvalue weighted by molar-refractivity contribution is -0.137. The minimum atomic E-state index is -4.63. The number of alkyl halides is 3. The Kier molecular flexibility index (Phi) is 7.93. The number of nitrogens with zero attached hydrogens (tertiary/aromatic N) is 4. The third kappa shape index (κ3) is 6.20. The first-order valence-corrected chi connectivity index (χ1v) is 15.2. The fourth-order valence-corrected chi connectivity index (χ4v) is 6.28. The number of fused-ring (bicyclic) bond motifs is 1. The van der Waals surface area contributed by atoms with Crippen LogP contribution < -0.4 is 20.9 Å². The first kappa shape index (κ1) is 29.8. The maximum atomic E-state index is 14.1. The number of nitrogens with one attached hydrogen (secondary N) is 3. The van der Waals surface area contributed by atoms with Crippen LogP contribution in [0.5, 0.6) is 0 Å². The molecule has 1 saturated heterocycles. The van der Waals surface area contributed by atoms with Crippen LogP contribution in [0.1, 0.15) is 51.1 Å². The van der Waals surface area contributed by atoms with Crippen LogP contribution in [-0.4, -0.2) is 66.0 Å². The number of benzene rings is 2. The van der Waals surface area contributed by atoms with Gasteiger partial charge in [-0.1, -0.05) is 6.07 Å². The smallest absolute Gasteiger partial charge is 0.369 e. The molecule has 2 aliphatic rings. The molecule has 3 N–H and O–H groups in total. The van der Waals surface area contributed by atoms with Crippen molar-refractivity contribution in [3.8, 4) is 0 Å². The van der Waals surface area contributed by atoms with Crippen molar-refractivity contribution < 1.29 is 22.8 Å². The Bertz CT molecular complexity index is 1740. The van der Waals surface area contributed by atoms with E-state index >= 15 is 0 Å². The van der Waals surface area contributed by atoms with E-state index in [9.17, 15) is 22.8 Å². The lowest BCUT2D eigenvalue weighted by Gasteiger charge is -2.25. The Morgan fingerprint density at radius 3 is 2.52 bits per heavy atom. The number of carbonyl (C=O) groups is 2. The third-order valence-electron chi connectivity index (χ3n) is 8.06. The molecule has 1 aliphatic carbocycles. The van der Waals surface area contributed by atoms with Crippen LogP contribution in [0.25, 0.3) is 10.2 Å². The molecule has 9 nitrogen and oxygen atoms in total. The highest BCUT2D eigenvalue weighted by Gasteiger charge is 2.37. The van der Waals surface area contributed by atoms with Crippen molar-refractivity contribution in [2.45, 2.75) is 44.4 Å². The summed E-state index contributed by atoms with van der Waals surface area (Å²) in [6, 6.07) is 9.18. The minimum Gasteiger partial charge on any atom is -0.369 e. The number of aromatic nitrogens is 2. The molecule has 1 aliphatic heterocycles. The molecule has 0 bridgehead atoms. The van der Waals surface area contributed by atoms with Crippen molar-refractivity contribution in [1.82, 2.24) is 14.9 Å². The summed E-state index contributed by atoms with van der Waals surface area (Å²) in [5.74, 6) is -0.350. The maximum absolute atomic E-state index is 14.1. The summed E-state index contributed by atoms with van der Waals surface area (Å²) in [7, 11) is 3.83. The van der Waals surface area contributed by atoms with Gasteiger partial charge in [0.1, 0.15) is 12.1 Å². The van der Waals surface area contributed by atoms with Gasteiger partial charge in [-0.05, 0) is 76.2 Å². The van der Waals surface area contributed by atoms with Crippen molar-refractivity contribution in [2.75, 3.05) is 48.0 Å². The number of thiophene rings is 1. The van der Waals surface area contributed by atoms with Crippen LogP contribution >= 0.6 is 11.3 Å². The zero-order valence-corrected chi connectivity index (χ0v) is 25.3. The van der Waals surface area contributed by atoms with Crippen molar-refractivity contribution in [3.05, 3.63) is 70.4 Å². The number of hydrogen-bond donors (Lipinski definition) is 3. The highest BCUT2D eigenvalue weighted by atomic mass is 32.1. The number of carbonyl (C=O) groups excluding carboxylic acids is 2. The SMILES string of the molecule is Cc1ccc(NC(=O)c2ccc(N3CC[C@@H](N(C)C)C3)c(C(F)(F)F)c2)cc1NC(=O)c1csc2c(NC3CC3)ncnc12. The third-order valence-corrected chi connectivity index (χ3v) is 9.03.